The highest BCUT2D eigenvalue weighted by molar-refractivity contribution is 5.75. The van der Waals surface area contributed by atoms with Crippen LogP contribution in [0.5, 0.6) is 0 Å². The molecule has 0 bridgehead atoms. The lowest BCUT2D eigenvalue weighted by molar-refractivity contribution is 0.534. The summed E-state index contributed by atoms with van der Waals surface area (Å²) in [5, 5.41) is 9.73. The summed E-state index contributed by atoms with van der Waals surface area (Å²) in [6.07, 6.45) is 7.01. The molecule has 0 amide bonds. The van der Waals surface area contributed by atoms with Crippen molar-refractivity contribution in [2.45, 2.75) is 69.7 Å². The second kappa shape index (κ2) is 39.1. The molecule has 9 heteroatoms. The van der Waals surface area contributed by atoms with Crippen molar-refractivity contribution in [3.05, 3.63) is 42.7 Å². The number of anilines is 1. The number of nitrogens with zero attached hydrogens (tertiary/aromatic N) is 5. The average molecular weight is 495 g/mol. The predicted octanol–water partition coefficient (Wildman–Crippen LogP) is 4.46. The molecular weight excluding hydrogens is 435 g/mol. The third-order valence-electron chi connectivity index (χ3n) is 3.60. The van der Waals surface area contributed by atoms with Crippen LogP contribution in [-0.4, -0.2) is 80.7 Å². The van der Waals surface area contributed by atoms with Crippen LogP contribution in [0.25, 0.3) is 0 Å². The van der Waals surface area contributed by atoms with E-state index in [1.807, 2.05) is 68.4 Å². The molecule has 0 unspecified atom stereocenters. The van der Waals surface area contributed by atoms with Gasteiger partial charge in [-0.05, 0) is 19.1 Å². The van der Waals surface area contributed by atoms with Crippen LogP contribution in [0.1, 0.15) is 70.1 Å². The summed E-state index contributed by atoms with van der Waals surface area (Å²) in [7, 11) is 0. The Hall–Kier alpha value is -2.10. The Bertz CT molecular complexity index is 547. The van der Waals surface area contributed by atoms with Crippen LogP contribution in [0.2, 0.25) is 0 Å². The van der Waals surface area contributed by atoms with Gasteiger partial charge < -0.3 is 20.9 Å². The van der Waals surface area contributed by atoms with Crippen molar-refractivity contribution in [2.24, 2.45) is 0 Å². The first-order chi connectivity index (χ1) is 16.4. The first-order valence-electron chi connectivity index (χ1n) is 12.7. The number of nitrogens with one attached hydrogen (secondary N) is 3. The molecule has 0 saturated carbocycles. The molecule has 0 spiro atoms. The number of aromatic nitrogens is 4. The molecule has 4 rings (SSSR count). The molecule has 2 aliphatic heterocycles. The standard InChI is InChI=1S/C8H12N4.C5H6N2.C4H10N2.4C2H6.CH4.B.H2/c1-2-10-8(11-3-1)12-6-4-9-5-7-12;1-5-6-3-2-4-7-5;1-2-6-4-3-5-1;4*1-2;;;/h1-3,9H,4-7H2;2-4H,1H3;5-6H,1-4H2;4*1-2H3;1H4;;1H/i;;;;;;;;;1+1. The van der Waals surface area contributed by atoms with Gasteiger partial charge in [-0.15, -0.1) is 0 Å². The Morgan fingerprint density at radius 2 is 0.914 bits per heavy atom. The lowest BCUT2D eigenvalue weighted by Gasteiger charge is -2.26. The van der Waals surface area contributed by atoms with E-state index in [0.29, 0.717) is 0 Å². The largest absolute Gasteiger partial charge is 0.338 e. The minimum atomic E-state index is 0. The van der Waals surface area contributed by atoms with E-state index in [4.69, 9.17) is 0 Å². The van der Waals surface area contributed by atoms with Gasteiger partial charge in [0.25, 0.3) is 0 Å². The van der Waals surface area contributed by atoms with Crippen molar-refractivity contribution in [1.82, 2.24) is 35.9 Å². The number of rotatable bonds is 1. The van der Waals surface area contributed by atoms with Gasteiger partial charge in [-0.25, -0.2) is 19.9 Å². The third kappa shape index (κ3) is 28.0. The van der Waals surface area contributed by atoms with E-state index in [0.717, 1.165) is 64.1 Å². The van der Waals surface area contributed by atoms with Crippen LogP contribution < -0.4 is 20.9 Å². The van der Waals surface area contributed by atoms with E-state index in [1.165, 1.54) is 0 Å². The van der Waals surface area contributed by atoms with Gasteiger partial charge in [-0.2, -0.15) is 0 Å². The van der Waals surface area contributed by atoms with Gasteiger partial charge in [0.2, 0.25) is 5.95 Å². The SMILES string of the molecule is C.C1CNCCN1.CC.CC.CC.CC.Cc1ncccn1.[2HH].[B].c1cnc(N2CCNCC2)nc1. The first-order valence-corrected chi connectivity index (χ1v) is 12.7. The van der Waals surface area contributed by atoms with Crippen molar-refractivity contribution in [2.75, 3.05) is 57.3 Å². The van der Waals surface area contributed by atoms with Gasteiger partial charge in [-0.3, -0.25) is 0 Å². The zero-order valence-electron chi connectivity index (χ0n) is 23.4. The van der Waals surface area contributed by atoms with Crippen LogP contribution in [0.4, 0.5) is 5.95 Å². The number of piperazine rings is 2. The Morgan fingerprint density at radius 1 is 0.600 bits per heavy atom. The fraction of sp³-hybridized carbons (Fsp3) is 0.692. The highest BCUT2D eigenvalue weighted by atomic mass is 15.3. The van der Waals surface area contributed by atoms with Gasteiger partial charge in [0, 0.05) is 87.0 Å². The van der Waals surface area contributed by atoms with Gasteiger partial charge in [0.05, 0.1) is 0 Å². The zero-order chi connectivity index (χ0) is 25.6. The van der Waals surface area contributed by atoms with Crippen LogP contribution in [0.3, 0.4) is 0 Å². The molecule has 205 valence electrons. The highest BCUT2D eigenvalue weighted by Crippen LogP contribution is 2.04. The zero-order valence-corrected chi connectivity index (χ0v) is 23.4. The summed E-state index contributed by atoms with van der Waals surface area (Å²) in [5.74, 6) is 1.67. The summed E-state index contributed by atoms with van der Waals surface area (Å²) in [4.78, 5) is 18.3. The normalized spacial score (nSPS) is 12.7. The van der Waals surface area contributed by atoms with Gasteiger partial charge in [0.15, 0.2) is 0 Å². The predicted molar refractivity (Wildman–Crippen MR) is 160 cm³/mol. The summed E-state index contributed by atoms with van der Waals surface area (Å²) in [5.41, 5.74) is 0. The third-order valence-corrected chi connectivity index (χ3v) is 3.60. The van der Waals surface area contributed by atoms with Crippen molar-refractivity contribution in [3.8, 4) is 0 Å². The molecule has 8 nitrogen and oxygen atoms in total. The molecule has 0 aromatic carbocycles. The van der Waals surface area contributed by atoms with Gasteiger partial charge in [-0.1, -0.05) is 62.8 Å². The number of aryl methyl sites for hydroxylation is 1. The van der Waals surface area contributed by atoms with Crippen molar-refractivity contribution >= 4 is 14.4 Å². The second-order valence-electron chi connectivity index (χ2n) is 5.58. The minimum Gasteiger partial charge on any atom is -0.338 e. The molecule has 3 N–H and O–H groups in total. The number of hydrogen-bond donors (Lipinski definition) is 3. The number of hydrogen-bond acceptors (Lipinski definition) is 8. The molecule has 35 heavy (non-hydrogen) atoms. The molecule has 0 atom stereocenters. The molecule has 2 aliphatic rings. The maximum absolute atomic E-state index is 4.19. The molecule has 2 saturated heterocycles. The van der Waals surface area contributed by atoms with Crippen molar-refractivity contribution < 1.29 is 1.43 Å². The maximum atomic E-state index is 4.19. The monoisotopic (exact) mass is 494 g/mol. The minimum absolute atomic E-state index is 0. The van der Waals surface area contributed by atoms with E-state index >= 15 is 0 Å². The first kappa shape index (κ1) is 43.0. The Balaban J connectivity index is -0.0000000826. The average Bonchev–Trinajstić information content (AvgIpc) is 2.96. The second-order valence-corrected chi connectivity index (χ2v) is 5.58. The summed E-state index contributed by atoms with van der Waals surface area (Å²) in [6.45, 7) is 26.5. The van der Waals surface area contributed by atoms with E-state index in [-0.39, 0.29) is 17.3 Å². The van der Waals surface area contributed by atoms with Crippen LogP contribution in [-0.2, 0) is 0 Å². The lowest BCUT2D eigenvalue weighted by atomic mass is 10.4. The molecule has 0 aliphatic carbocycles. The summed E-state index contributed by atoms with van der Waals surface area (Å²) >= 11 is 0. The molecular formula is C26H58BN8. The van der Waals surface area contributed by atoms with Crippen molar-refractivity contribution in [1.29, 1.82) is 0 Å². The fourth-order valence-corrected chi connectivity index (χ4v) is 2.30. The summed E-state index contributed by atoms with van der Waals surface area (Å²) < 4.78 is 0. The Kier molecular flexibility index (Phi) is 48.1. The van der Waals surface area contributed by atoms with Crippen LogP contribution in [0, 0.1) is 6.92 Å². The molecule has 2 aromatic rings. The van der Waals surface area contributed by atoms with E-state index in [1.54, 1.807) is 30.9 Å². The van der Waals surface area contributed by atoms with Gasteiger partial charge >= 0.3 is 0 Å². The summed E-state index contributed by atoms with van der Waals surface area (Å²) in [6, 6.07) is 3.64. The topological polar surface area (TPSA) is 90.9 Å². The van der Waals surface area contributed by atoms with Crippen molar-refractivity contribution in [3.63, 3.8) is 0 Å². The molecule has 2 aromatic heterocycles. The highest BCUT2D eigenvalue weighted by Gasteiger charge is 2.11. The maximum Gasteiger partial charge on any atom is 0.225 e. The lowest BCUT2D eigenvalue weighted by Crippen LogP contribution is -2.44. The smallest absolute Gasteiger partial charge is 0.225 e. The molecule has 4 heterocycles. The van der Waals surface area contributed by atoms with E-state index in [2.05, 4.69) is 40.8 Å². The quantitative estimate of drug-likeness (QED) is 0.501. The molecule has 2 fully saturated rings. The molecule has 3 radical (unpaired) electrons. The van der Waals surface area contributed by atoms with Gasteiger partial charge in [0.1, 0.15) is 5.82 Å². The Labute approximate surface area is 221 Å². The van der Waals surface area contributed by atoms with E-state index < -0.39 is 0 Å². The Morgan fingerprint density at radius 3 is 1.20 bits per heavy atom. The fourth-order valence-electron chi connectivity index (χ4n) is 2.30. The van der Waals surface area contributed by atoms with E-state index in [9.17, 15) is 0 Å². The van der Waals surface area contributed by atoms with Crippen LogP contribution in [0.15, 0.2) is 36.9 Å². The van der Waals surface area contributed by atoms with Crippen LogP contribution >= 0.6 is 0 Å².